The van der Waals surface area contributed by atoms with Crippen molar-refractivity contribution in [2.75, 3.05) is 25.0 Å². The van der Waals surface area contributed by atoms with Gasteiger partial charge in [-0.25, -0.2) is 13.8 Å². The third-order valence-electron chi connectivity index (χ3n) is 4.88. The van der Waals surface area contributed by atoms with Crippen molar-refractivity contribution in [2.45, 2.75) is 38.8 Å². The number of likely N-dealkylation sites (N-methyl/N-ethyl adjacent to an activating group) is 1. The van der Waals surface area contributed by atoms with Crippen LogP contribution in [-0.4, -0.2) is 41.8 Å². The lowest BCUT2D eigenvalue weighted by Crippen LogP contribution is -2.39. The van der Waals surface area contributed by atoms with Crippen LogP contribution in [0.1, 0.15) is 31.5 Å². The average Bonchev–Trinajstić information content (AvgIpc) is 3.03. The van der Waals surface area contributed by atoms with Crippen molar-refractivity contribution in [2.24, 2.45) is 0 Å². The normalized spacial score (nSPS) is 18.6. The van der Waals surface area contributed by atoms with E-state index in [-0.39, 0.29) is 24.5 Å². The van der Waals surface area contributed by atoms with Gasteiger partial charge < -0.3 is 15.1 Å². The number of hydrogen-bond acceptors (Lipinski definition) is 4. The number of halogens is 5. The molecular formula is C21H26F5N5. The van der Waals surface area contributed by atoms with E-state index in [0.717, 1.165) is 11.0 Å². The standard InChI is InChI=1S/C18H20F5N5.C3H6/c1-10-13(15(24)27(3)11(2)25-10)8-12-4-5-14(18(21,22)23)16(26-12)28-7-6-17(19,20)9-28;1-3-2/h4-5,24-25H,2,6-9H2,1,3H3;3H,1H2,2H3. The quantitative estimate of drug-likeness (QED) is 0.513. The summed E-state index contributed by atoms with van der Waals surface area (Å²) in [6.07, 6.45) is -3.38. The van der Waals surface area contributed by atoms with E-state index in [1.165, 1.54) is 11.0 Å². The average molecular weight is 443 g/mol. The number of aromatic nitrogens is 1. The summed E-state index contributed by atoms with van der Waals surface area (Å²) in [7, 11) is 1.64. The lowest BCUT2D eigenvalue weighted by Gasteiger charge is -2.31. The summed E-state index contributed by atoms with van der Waals surface area (Å²) >= 11 is 0. The second kappa shape index (κ2) is 9.07. The molecule has 0 saturated carbocycles. The number of amidine groups is 1. The smallest absolute Gasteiger partial charge is 0.350 e. The van der Waals surface area contributed by atoms with E-state index in [1.807, 2.05) is 6.92 Å². The summed E-state index contributed by atoms with van der Waals surface area (Å²) in [6, 6.07) is 2.09. The first-order valence-electron chi connectivity index (χ1n) is 9.56. The summed E-state index contributed by atoms with van der Waals surface area (Å²) < 4.78 is 67.2. The molecular weight excluding hydrogens is 417 g/mol. The van der Waals surface area contributed by atoms with Crippen molar-refractivity contribution in [3.63, 3.8) is 0 Å². The third-order valence-corrected chi connectivity index (χ3v) is 4.88. The van der Waals surface area contributed by atoms with Gasteiger partial charge in [0.15, 0.2) is 0 Å². The van der Waals surface area contributed by atoms with E-state index in [2.05, 4.69) is 23.5 Å². The van der Waals surface area contributed by atoms with Crippen LogP contribution >= 0.6 is 0 Å². The van der Waals surface area contributed by atoms with Gasteiger partial charge >= 0.3 is 6.18 Å². The molecule has 31 heavy (non-hydrogen) atoms. The highest BCUT2D eigenvalue weighted by molar-refractivity contribution is 5.98. The molecule has 1 aromatic heterocycles. The first-order chi connectivity index (χ1) is 14.3. The maximum absolute atomic E-state index is 13.6. The Kier molecular flexibility index (Phi) is 7.13. The third kappa shape index (κ3) is 5.62. The lowest BCUT2D eigenvalue weighted by atomic mass is 10.0. The van der Waals surface area contributed by atoms with E-state index in [0.29, 0.717) is 17.1 Å². The van der Waals surface area contributed by atoms with E-state index in [4.69, 9.17) is 5.41 Å². The molecule has 2 N–H and O–H groups in total. The monoisotopic (exact) mass is 443 g/mol. The SMILES string of the molecule is C=C1NC(C)=C(Cc2ccc(C(F)(F)F)c(N3CCC(F)(F)C3)n2)C(=N)N1C.C=CC. The van der Waals surface area contributed by atoms with Crippen LogP contribution in [0.5, 0.6) is 0 Å². The molecule has 0 aliphatic carbocycles. The molecule has 0 spiro atoms. The highest BCUT2D eigenvalue weighted by Gasteiger charge is 2.43. The topological polar surface area (TPSA) is 55.3 Å². The number of allylic oxidation sites excluding steroid dienone is 2. The fraction of sp³-hybridized carbons (Fsp3) is 0.429. The van der Waals surface area contributed by atoms with Crippen LogP contribution in [0.15, 0.2) is 48.5 Å². The molecule has 0 radical (unpaired) electrons. The number of anilines is 1. The van der Waals surface area contributed by atoms with Gasteiger partial charge in [0.1, 0.15) is 17.5 Å². The number of rotatable bonds is 3. The molecule has 0 aromatic carbocycles. The summed E-state index contributed by atoms with van der Waals surface area (Å²) in [6.45, 7) is 9.76. The van der Waals surface area contributed by atoms with E-state index >= 15 is 0 Å². The van der Waals surface area contributed by atoms with Gasteiger partial charge in [-0.1, -0.05) is 12.7 Å². The van der Waals surface area contributed by atoms with Gasteiger partial charge in [-0.05, 0) is 26.0 Å². The zero-order chi connectivity index (χ0) is 23.6. The van der Waals surface area contributed by atoms with Crippen molar-refractivity contribution in [1.82, 2.24) is 15.2 Å². The molecule has 0 atom stereocenters. The van der Waals surface area contributed by atoms with Gasteiger partial charge in [-0.15, -0.1) is 6.58 Å². The van der Waals surface area contributed by atoms with Crippen LogP contribution in [0.4, 0.5) is 27.8 Å². The Labute approximate surface area is 178 Å². The Bertz CT molecular complexity index is 904. The van der Waals surface area contributed by atoms with Crippen molar-refractivity contribution in [3.05, 3.63) is 59.7 Å². The first kappa shape index (κ1) is 24.4. The van der Waals surface area contributed by atoms with Gasteiger partial charge in [0.05, 0.1) is 12.1 Å². The van der Waals surface area contributed by atoms with Crippen LogP contribution in [0.2, 0.25) is 0 Å². The number of hydrogen-bond donors (Lipinski definition) is 2. The Hall–Kier alpha value is -2.91. The lowest BCUT2D eigenvalue weighted by molar-refractivity contribution is -0.137. The van der Waals surface area contributed by atoms with Crippen LogP contribution in [0, 0.1) is 5.41 Å². The zero-order valence-electron chi connectivity index (χ0n) is 17.7. The molecule has 1 fully saturated rings. The first-order valence-corrected chi connectivity index (χ1v) is 9.56. The van der Waals surface area contributed by atoms with E-state index in [1.54, 1.807) is 20.0 Å². The Balaban J connectivity index is 0.00000107. The molecule has 5 nitrogen and oxygen atoms in total. The molecule has 3 rings (SSSR count). The van der Waals surface area contributed by atoms with Gasteiger partial charge in [-0.3, -0.25) is 5.41 Å². The summed E-state index contributed by atoms with van der Waals surface area (Å²) in [4.78, 5) is 6.55. The fourth-order valence-corrected chi connectivity index (χ4v) is 3.25. The minimum absolute atomic E-state index is 0.0880. The molecule has 170 valence electrons. The fourth-order valence-electron chi connectivity index (χ4n) is 3.25. The minimum Gasteiger partial charge on any atom is -0.350 e. The van der Waals surface area contributed by atoms with Crippen LogP contribution in [-0.2, 0) is 12.6 Å². The Morgan fingerprint density at radius 2 is 1.94 bits per heavy atom. The second-order valence-corrected chi connectivity index (χ2v) is 7.37. The summed E-state index contributed by atoms with van der Waals surface area (Å²) in [5.74, 6) is -2.88. The van der Waals surface area contributed by atoms with E-state index < -0.39 is 36.4 Å². The highest BCUT2D eigenvalue weighted by Crippen LogP contribution is 2.39. The molecule has 0 unspecified atom stereocenters. The number of pyridine rings is 1. The number of nitrogens with zero attached hydrogens (tertiary/aromatic N) is 3. The Morgan fingerprint density at radius 3 is 2.45 bits per heavy atom. The van der Waals surface area contributed by atoms with Crippen LogP contribution < -0.4 is 10.2 Å². The van der Waals surface area contributed by atoms with E-state index in [9.17, 15) is 22.0 Å². The minimum atomic E-state index is -4.70. The van der Waals surface area contributed by atoms with Crippen molar-refractivity contribution in [3.8, 4) is 0 Å². The van der Waals surface area contributed by atoms with Crippen molar-refractivity contribution < 1.29 is 22.0 Å². The molecule has 3 heterocycles. The van der Waals surface area contributed by atoms with Crippen LogP contribution in [0.25, 0.3) is 0 Å². The van der Waals surface area contributed by atoms with Crippen LogP contribution in [0.3, 0.4) is 0 Å². The predicted octanol–water partition coefficient (Wildman–Crippen LogP) is 4.94. The van der Waals surface area contributed by atoms with Gasteiger partial charge in [0.25, 0.3) is 5.92 Å². The molecule has 2 aliphatic heterocycles. The molecule has 0 amide bonds. The number of alkyl halides is 5. The highest BCUT2D eigenvalue weighted by atomic mass is 19.4. The molecule has 10 heteroatoms. The van der Waals surface area contributed by atoms with Gasteiger partial charge in [0, 0.05) is 43.4 Å². The molecule has 0 bridgehead atoms. The molecule has 2 aliphatic rings. The summed E-state index contributed by atoms with van der Waals surface area (Å²) in [5.41, 5.74) is 0.408. The van der Waals surface area contributed by atoms with Crippen molar-refractivity contribution >= 4 is 11.7 Å². The summed E-state index contributed by atoms with van der Waals surface area (Å²) in [5, 5.41) is 11.2. The molecule has 1 aromatic rings. The maximum atomic E-state index is 13.6. The second-order valence-electron chi connectivity index (χ2n) is 7.37. The Morgan fingerprint density at radius 1 is 1.32 bits per heavy atom. The van der Waals surface area contributed by atoms with Gasteiger partial charge in [-0.2, -0.15) is 13.2 Å². The van der Waals surface area contributed by atoms with Crippen molar-refractivity contribution in [1.29, 1.82) is 5.41 Å². The largest absolute Gasteiger partial charge is 0.419 e. The number of nitrogens with one attached hydrogen (secondary N) is 2. The zero-order valence-corrected chi connectivity index (χ0v) is 17.7. The maximum Gasteiger partial charge on any atom is 0.419 e. The molecule has 1 saturated heterocycles. The van der Waals surface area contributed by atoms with Gasteiger partial charge in [0.2, 0.25) is 0 Å². The predicted molar refractivity (Wildman–Crippen MR) is 111 cm³/mol.